The number of fused-ring (bicyclic) bond motifs is 1. The summed E-state index contributed by atoms with van der Waals surface area (Å²) in [5.74, 6) is -0.0933. The molecular weight excluding hydrogens is 362 g/mol. The van der Waals surface area contributed by atoms with E-state index in [0.29, 0.717) is 31.9 Å². The van der Waals surface area contributed by atoms with Gasteiger partial charge in [-0.2, -0.15) is 4.31 Å². The number of piperazine rings is 1. The number of nitrogens with one attached hydrogen (secondary N) is 1. The molecule has 0 spiro atoms. The lowest BCUT2D eigenvalue weighted by Crippen LogP contribution is -2.48. The minimum absolute atomic E-state index is 0.0933. The Morgan fingerprint density at radius 2 is 1.70 bits per heavy atom. The van der Waals surface area contributed by atoms with Gasteiger partial charge in [0, 0.05) is 38.4 Å². The van der Waals surface area contributed by atoms with Crippen LogP contribution in [-0.2, 0) is 27.8 Å². The highest BCUT2D eigenvalue weighted by Crippen LogP contribution is 2.27. The van der Waals surface area contributed by atoms with Gasteiger partial charge < -0.3 is 5.32 Å². The topological polar surface area (TPSA) is 69.7 Å². The van der Waals surface area contributed by atoms with Gasteiger partial charge in [0.15, 0.2) is 0 Å². The summed E-state index contributed by atoms with van der Waals surface area (Å²) in [6.07, 6.45) is 0.239. The average Bonchev–Trinajstić information content (AvgIpc) is 3.03. The number of carbonyl (C=O) groups excluding carboxylic acids is 1. The first kappa shape index (κ1) is 18.2. The van der Waals surface area contributed by atoms with Crippen LogP contribution in [-0.4, -0.2) is 49.7 Å². The van der Waals surface area contributed by atoms with Crippen LogP contribution in [0.2, 0.25) is 0 Å². The van der Waals surface area contributed by atoms with Gasteiger partial charge in [-0.25, -0.2) is 8.42 Å². The molecule has 2 heterocycles. The molecule has 1 saturated heterocycles. The van der Waals surface area contributed by atoms with Gasteiger partial charge in [0.25, 0.3) is 0 Å². The molecule has 2 aromatic carbocycles. The van der Waals surface area contributed by atoms with Crippen molar-refractivity contribution < 1.29 is 13.2 Å². The summed E-state index contributed by atoms with van der Waals surface area (Å²) >= 11 is 0. The average molecular weight is 385 g/mol. The van der Waals surface area contributed by atoms with Crippen molar-refractivity contribution in [3.63, 3.8) is 0 Å². The van der Waals surface area contributed by atoms with Crippen molar-refractivity contribution in [3.05, 3.63) is 59.2 Å². The monoisotopic (exact) mass is 385 g/mol. The minimum Gasteiger partial charge on any atom is -0.326 e. The molecule has 0 bridgehead atoms. The molecule has 1 fully saturated rings. The van der Waals surface area contributed by atoms with Crippen LogP contribution in [0.25, 0.3) is 0 Å². The smallest absolute Gasteiger partial charge is 0.243 e. The van der Waals surface area contributed by atoms with E-state index in [9.17, 15) is 13.2 Å². The van der Waals surface area contributed by atoms with Crippen LogP contribution in [0.5, 0.6) is 0 Å². The Kier molecular flexibility index (Phi) is 4.75. The molecule has 0 aromatic heterocycles. The van der Waals surface area contributed by atoms with Crippen molar-refractivity contribution >= 4 is 21.6 Å². The molecule has 0 atom stereocenters. The zero-order valence-electron chi connectivity index (χ0n) is 15.3. The Hall–Kier alpha value is -2.22. The highest BCUT2D eigenvalue weighted by molar-refractivity contribution is 7.89. The normalized spacial score (nSPS) is 18.3. The van der Waals surface area contributed by atoms with Gasteiger partial charge in [0.05, 0.1) is 11.3 Å². The summed E-state index contributed by atoms with van der Waals surface area (Å²) in [6.45, 7) is 5.26. The third-order valence-corrected chi connectivity index (χ3v) is 7.09. The molecule has 4 rings (SSSR count). The van der Waals surface area contributed by atoms with Gasteiger partial charge in [-0.3, -0.25) is 9.69 Å². The Morgan fingerprint density at radius 3 is 2.41 bits per heavy atom. The van der Waals surface area contributed by atoms with E-state index in [1.807, 2.05) is 0 Å². The number of hydrogen-bond acceptors (Lipinski definition) is 4. The number of hydrogen-bond donors (Lipinski definition) is 1. The largest absolute Gasteiger partial charge is 0.326 e. The third-order valence-electron chi connectivity index (χ3n) is 5.20. The maximum absolute atomic E-state index is 13.0. The molecule has 0 saturated carbocycles. The lowest BCUT2D eigenvalue weighted by atomic mass is 10.1. The van der Waals surface area contributed by atoms with Crippen LogP contribution in [0.1, 0.15) is 16.7 Å². The van der Waals surface area contributed by atoms with Gasteiger partial charge in [-0.15, -0.1) is 0 Å². The van der Waals surface area contributed by atoms with Crippen LogP contribution >= 0.6 is 0 Å². The molecule has 6 nitrogen and oxygen atoms in total. The summed E-state index contributed by atoms with van der Waals surface area (Å²) in [4.78, 5) is 14.0. The Morgan fingerprint density at radius 1 is 1.00 bits per heavy atom. The van der Waals surface area contributed by atoms with Crippen molar-refractivity contribution in [1.82, 2.24) is 9.21 Å². The van der Waals surface area contributed by atoms with Crippen LogP contribution < -0.4 is 5.32 Å². The molecule has 2 aliphatic rings. The summed E-state index contributed by atoms with van der Waals surface area (Å²) in [7, 11) is -3.54. The lowest BCUT2D eigenvalue weighted by molar-refractivity contribution is -0.115. The fourth-order valence-corrected chi connectivity index (χ4v) is 5.07. The molecule has 0 unspecified atom stereocenters. The summed E-state index contributed by atoms with van der Waals surface area (Å²) < 4.78 is 27.5. The van der Waals surface area contributed by atoms with Crippen LogP contribution in [0, 0.1) is 6.92 Å². The fraction of sp³-hybridized carbons (Fsp3) is 0.350. The number of carbonyl (C=O) groups is 1. The first-order valence-electron chi connectivity index (χ1n) is 9.13. The highest BCUT2D eigenvalue weighted by atomic mass is 32.2. The first-order valence-corrected chi connectivity index (χ1v) is 10.6. The van der Waals surface area contributed by atoms with Crippen molar-refractivity contribution in [2.75, 3.05) is 31.5 Å². The molecule has 1 amide bonds. The molecule has 27 heavy (non-hydrogen) atoms. The van der Waals surface area contributed by atoms with E-state index in [-0.39, 0.29) is 17.2 Å². The molecule has 0 aliphatic carbocycles. The zero-order valence-corrected chi connectivity index (χ0v) is 16.1. The summed E-state index contributed by atoms with van der Waals surface area (Å²) in [5, 5.41) is 2.73. The molecule has 2 aromatic rings. The molecule has 0 radical (unpaired) electrons. The van der Waals surface area contributed by atoms with E-state index < -0.39 is 10.0 Å². The van der Waals surface area contributed by atoms with E-state index in [2.05, 4.69) is 41.4 Å². The quantitative estimate of drug-likeness (QED) is 0.874. The standard InChI is InChI=1S/C20H23N3O3S/c1-15-2-4-16(5-3-15)14-22-8-10-23(11-9-22)27(25,26)18-6-7-19-17(12-18)13-20(24)21-19/h2-7,12H,8-11,13-14H2,1H3,(H,21,24). The Labute approximate surface area is 159 Å². The second kappa shape index (κ2) is 7.07. The molecule has 1 N–H and O–H groups in total. The number of benzene rings is 2. The number of nitrogens with zero attached hydrogens (tertiary/aromatic N) is 2. The number of aryl methyl sites for hydroxylation is 1. The van der Waals surface area contributed by atoms with E-state index in [1.54, 1.807) is 22.5 Å². The van der Waals surface area contributed by atoms with Crippen LogP contribution in [0.15, 0.2) is 47.4 Å². The van der Waals surface area contributed by atoms with Gasteiger partial charge in [0.2, 0.25) is 15.9 Å². The Bertz CT molecular complexity index is 962. The van der Waals surface area contributed by atoms with Gasteiger partial charge >= 0.3 is 0 Å². The van der Waals surface area contributed by atoms with Gasteiger partial charge in [-0.1, -0.05) is 29.8 Å². The maximum atomic E-state index is 13.0. The van der Waals surface area contributed by atoms with Crippen molar-refractivity contribution in [1.29, 1.82) is 0 Å². The fourth-order valence-electron chi connectivity index (χ4n) is 3.59. The predicted octanol–water partition coefficient (Wildman–Crippen LogP) is 2.00. The first-order chi connectivity index (χ1) is 12.9. The molecule has 142 valence electrons. The maximum Gasteiger partial charge on any atom is 0.243 e. The highest BCUT2D eigenvalue weighted by Gasteiger charge is 2.30. The number of amides is 1. The van der Waals surface area contributed by atoms with Crippen LogP contribution in [0.4, 0.5) is 5.69 Å². The molecule has 7 heteroatoms. The molecule has 2 aliphatic heterocycles. The van der Waals surface area contributed by atoms with Gasteiger partial charge in [-0.05, 0) is 36.2 Å². The SMILES string of the molecule is Cc1ccc(CN2CCN(S(=O)(=O)c3ccc4c(c3)CC(=O)N4)CC2)cc1. The third kappa shape index (κ3) is 3.76. The Balaban J connectivity index is 1.42. The number of rotatable bonds is 4. The number of sulfonamides is 1. The number of anilines is 1. The van der Waals surface area contributed by atoms with E-state index in [0.717, 1.165) is 12.1 Å². The minimum atomic E-state index is -3.54. The second-order valence-corrected chi connectivity index (χ2v) is 9.15. The van der Waals surface area contributed by atoms with Crippen LogP contribution in [0.3, 0.4) is 0 Å². The lowest BCUT2D eigenvalue weighted by Gasteiger charge is -2.34. The van der Waals surface area contributed by atoms with Crippen molar-refractivity contribution in [3.8, 4) is 0 Å². The van der Waals surface area contributed by atoms with Crippen molar-refractivity contribution in [2.24, 2.45) is 0 Å². The van der Waals surface area contributed by atoms with E-state index in [1.165, 1.54) is 11.1 Å². The van der Waals surface area contributed by atoms with Crippen molar-refractivity contribution in [2.45, 2.75) is 24.8 Å². The van der Waals surface area contributed by atoms with E-state index >= 15 is 0 Å². The van der Waals surface area contributed by atoms with E-state index in [4.69, 9.17) is 0 Å². The predicted molar refractivity (Wildman–Crippen MR) is 104 cm³/mol. The summed E-state index contributed by atoms with van der Waals surface area (Å²) in [6, 6.07) is 13.3. The van der Waals surface area contributed by atoms with Gasteiger partial charge in [0.1, 0.15) is 0 Å². The zero-order chi connectivity index (χ0) is 19.0. The second-order valence-electron chi connectivity index (χ2n) is 7.21. The summed E-state index contributed by atoms with van der Waals surface area (Å²) in [5.41, 5.74) is 3.94. The molecular formula is C20H23N3O3S.